The van der Waals surface area contributed by atoms with Crippen LogP contribution < -0.4 is 5.11 Å². The van der Waals surface area contributed by atoms with Crippen LogP contribution in [0.2, 0.25) is 0 Å². The molecule has 0 aromatic rings. The van der Waals surface area contributed by atoms with E-state index in [4.69, 9.17) is 9.90 Å². The molecule has 0 heterocycles. The lowest BCUT2D eigenvalue weighted by Crippen LogP contribution is -2.51. The highest BCUT2D eigenvalue weighted by molar-refractivity contribution is 5.91. The fourth-order valence-corrected chi connectivity index (χ4v) is 7.23. The number of hydrogen-bond donors (Lipinski definition) is 0. The minimum Gasteiger partial charge on any atom is -0.550 e. The normalized spacial score (nSPS) is 42.7. The smallest absolute Gasteiger partial charge is 0.155 e. The summed E-state index contributed by atoms with van der Waals surface area (Å²) in [5.74, 6) is 2.21. The van der Waals surface area contributed by atoms with Crippen molar-refractivity contribution >= 4 is 17.5 Å². The third-order valence-corrected chi connectivity index (χ3v) is 8.45. The van der Waals surface area contributed by atoms with Crippen molar-refractivity contribution in [3.63, 3.8) is 0 Å². The summed E-state index contributed by atoms with van der Waals surface area (Å²) in [4.78, 5) is 32.9. The molecule has 4 aliphatic rings. The maximum atomic E-state index is 12.1. The zero-order valence-corrected chi connectivity index (χ0v) is 17.2. The van der Waals surface area contributed by atoms with Crippen LogP contribution in [0.5, 0.6) is 0 Å². The van der Waals surface area contributed by atoms with E-state index in [1.54, 1.807) is 6.92 Å². The van der Waals surface area contributed by atoms with E-state index in [0.29, 0.717) is 17.5 Å². The van der Waals surface area contributed by atoms with Gasteiger partial charge in [-0.15, -0.1) is 0 Å². The van der Waals surface area contributed by atoms with Crippen LogP contribution in [-0.2, 0) is 14.4 Å². The minimum absolute atomic E-state index is 0.245. The third-order valence-electron chi connectivity index (χ3n) is 8.45. The summed E-state index contributed by atoms with van der Waals surface area (Å²) in [7, 11) is 0. The van der Waals surface area contributed by atoms with Crippen molar-refractivity contribution in [2.24, 2.45) is 34.5 Å². The second-order valence-corrected chi connectivity index (χ2v) is 9.75. The number of fused-ring (bicyclic) bond motifs is 5. The van der Waals surface area contributed by atoms with Crippen molar-refractivity contribution in [2.45, 2.75) is 79.1 Å². The highest BCUT2D eigenvalue weighted by atomic mass is 16.4. The number of carboxylic acids is 1. The summed E-state index contributed by atoms with van der Waals surface area (Å²) in [6.45, 7) is 7.62. The van der Waals surface area contributed by atoms with Crippen LogP contribution in [-0.4, -0.2) is 17.5 Å². The summed E-state index contributed by atoms with van der Waals surface area (Å²) < 4.78 is 0. The number of aliphatic carboxylic acids is 1. The van der Waals surface area contributed by atoms with Crippen LogP contribution in [0.3, 0.4) is 0 Å². The Bertz CT molecular complexity index is 674. The number of allylic oxidation sites excluding steroid dienone is 1. The predicted octanol–water partition coefficient (Wildman–Crippen LogP) is 3.48. The molecule has 6 atom stereocenters. The first-order valence-corrected chi connectivity index (χ1v) is 10.5. The number of rotatable bonds is 1. The SMILES string of the molecule is CC(=O)[C@H]1CC[C@H]2[C@@H]3CCC4=CC(=O)CC[C@]4(C)[C@H]3CC[C@]12C.CC(=O)[O-]. The van der Waals surface area contributed by atoms with Gasteiger partial charge in [0.1, 0.15) is 5.78 Å². The summed E-state index contributed by atoms with van der Waals surface area (Å²) in [6, 6.07) is 0. The Balaban J connectivity index is 0.000000481. The second kappa shape index (κ2) is 7.18. The standard InChI is InChI=1S/C21H30O2.C2H4O2/c1-13(22)17-6-7-18-16-5-4-14-12-15(23)8-10-20(14,2)19(16)9-11-21(17,18)3;1-2(3)4/h12,16-19H,4-11H2,1-3H3;1H3,(H,3,4)/p-1/t16-,17+,18-,19-,20-,21+;/m0./s1. The molecule has 4 rings (SSSR count). The molecular formula is C23H33O4-. The minimum atomic E-state index is -1.08. The van der Waals surface area contributed by atoms with Gasteiger partial charge in [0.15, 0.2) is 5.78 Å². The molecule has 150 valence electrons. The van der Waals surface area contributed by atoms with E-state index in [9.17, 15) is 9.59 Å². The lowest BCUT2D eigenvalue weighted by atomic mass is 9.47. The van der Waals surface area contributed by atoms with E-state index >= 15 is 0 Å². The first-order chi connectivity index (χ1) is 12.6. The molecule has 4 heteroatoms. The largest absolute Gasteiger partial charge is 0.550 e. The van der Waals surface area contributed by atoms with Crippen LogP contribution in [0.4, 0.5) is 0 Å². The predicted molar refractivity (Wildman–Crippen MR) is 102 cm³/mol. The fraction of sp³-hybridized carbons (Fsp3) is 0.783. The van der Waals surface area contributed by atoms with Crippen LogP contribution >= 0.6 is 0 Å². The molecule has 0 bridgehead atoms. The molecule has 0 aromatic carbocycles. The Kier molecular flexibility index (Phi) is 5.39. The number of carbonyl (C=O) groups is 3. The highest BCUT2D eigenvalue weighted by Gasteiger charge is 2.59. The van der Waals surface area contributed by atoms with Crippen molar-refractivity contribution in [3.05, 3.63) is 11.6 Å². The molecule has 0 radical (unpaired) electrons. The van der Waals surface area contributed by atoms with Gasteiger partial charge in [0.05, 0.1) is 0 Å². The van der Waals surface area contributed by atoms with Crippen molar-refractivity contribution in [1.82, 2.24) is 0 Å². The van der Waals surface area contributed by atoms with E-state index in [2.05, 4.69) is 13.8 Å². The van der Waals surface area contributed by atoms with Crippen molar-refractivity contribution < 1.29 is 19.5 Å². The Labute approximate surface area is 162 Å². The van der Waals surface area contributed by atoms with Gasteiger partial charge in [-0.3, -0.25) is 9.59 Å². The second-order valence-electron chi connectivity index (χ2n) is 9.75. The van der Waals surface area contributed by atoms with E-state index < -0.39 is 5.97 Å². The topological polar surface area (TPSA) is 74.3 Å². The molecule has 3 saturated carbocycles. The van der Waals surface area contributed by atoms with Gasteiger partial charge in [-0.25, -0.2) is 0 Å². The highest BCUT2D eigenvalue weighted by Crippen LogP contribution is 2.66. The lowest BCUT2D eigenvalue weighted by molar-refractivity contribution is -0.302. The Morgan fingerprint density at radius 3 is 2.30 bits per heavy atom. The number of Topliss-reactive ketones (excluding diaryl/α,β-unsaturated/α-hetero) is 1. The Hall–Kier alpha value is -1.45. The molecule has 0 N–H and O–H groups in total. The zero-order chi connectivity index (χ0) is 20.0. The summed E-state index contributed by atoms with van der Waals surface area (Å²) in [6.07, 6.45) is 10.9. The van der Waals surface area contributed by atoms with Gasteiger partial charge in [0.2, 0.25) is 0 Å². The molecule has 0 aliphatic heterocycles. The van der Waals surface area contributed by atoms with Crippen molar-refractivity contribution in [2.75, 3.05) is 0 Å². The van der Waals surface area contributed by atoms with E-state index in [1.807, 2.05) is 6.08 Å². The maximum Gasteiger partial charge on any atom is 0.155 e. The van der Waals surface area contributed by atoms with Crippen molar-refractivity contribution in [1.29, 1.82) is 0 Å². The van der Waals surface area contributed by atoms with E-state index in [1.165, 1.54) is 31.3 Å². The maximum absolute atomic E-state index is 12.1. The summed E-state index contributed by atoms with van der Waals surface area (Å²) >= 11 is 0. The lowest BCUT2D eigenvalue weighted by Gasteiger charge is -2.58. The molecule has 0 aromatic heterocycles. The van der Waals surface area contributed by atoms with Crippen LogP contribution in [0.15, 0.2) is 11.6 Å². The van der Waals surface area contributed by atoms with Gasteiger partial charge in [-0.05, 0) is 93.5 Å². The van der Waals surface area contributed by atoms with Gasteiger partial charge in [0, 0.05) is 18.3 Å². The Morgan fingerprint density at radius 2 is 1.67 bits per heavy atom. The summed E-state index contributed by atoms with van der Waals surface area (Å²) in [5, 5.41) is 8.89. The zero-order valence-electron chi connectivity index (χ0n) is 17.2. The number of carboxylic acid groups (broad SMARTS) is 1. The third kappa shape index (κ3) is 3.40. The van der Waals surface area contributed by atoms with Crippen LogP contribution in [0.25, 0.3) is 0 Å². The Morgan fingerprint density at radius 1 is 1.00 bits per heavy atom. The van der Waals surface area contributed by atoms with Crippen LogP contribution in [0.1, 0.15) is 79.1 Å². The molecule has 0 saturated heterocycles. The number of hydrogen-bond acceptors (Lipinski definition) is 4. The molecular weight excluding hydrogens is 340 g/mol. The van der Waals surface area contributed by atoms with Gasteiger partial charge in [0.25, 0.3) is 0 Å². The van der Waals surface area contributed by atoms with Gasteiger partial charge in [-0.2, -0.15) is 0 Å². The molecule has 0 spiro atoms. The molecule has 0 amide bonds. The summed E-state index contributed by atoms with van der Waals surface area (Å²) in [5.41, 5.74) is 1.95. The quantitative estimate of drug-likeness (QED) is 0.705. The van der Waals surface area contributed by atoms with E-state index in [0.717, 1.165) is 50.4 Å². The van der Waals surface area contributed by atoms with Gasteiger partial charge >= 0.3 is 0 Å². The molecule has 0 unspecified atom stereocenters. The van der Waals surface area contributed by atoms with Crippen LogP contribution in [0, 0.1) is 34.5 Å². The average molecular weight is 374 g/mol. The number of ketones is 2. The van der Waals surface area contributed by atoms with Crippen molar-refractivity contribution in [3.8, 4) is 0 Å². The first-order valence-electron chi connectivity index (χ1n) is 10.5. The number of carbonyl (C=O) groups excluding carboxylic acids is 3. The molecule has 3 fully saturated rings. The van der Waals surface area contributed by atoms with Gasteiger partial charge < -0.3 is 9.90 Å². The molecule has 4 nitrogen and oxygen atoms in total. The molecule has 27 heavy (non-hydrogen) atoms. The van der Waals surface area contributed by atoms with E-state index in [-0.39, 0.29) is 10.8 Å². The first kappa shape index (κ1) is 20.3. The fourth-order valence-electron chi connectivity index (χ4n) is 7.23. The molecule has 4 aliphatic carbocycles. The monoisotopic (exact) mass is 373 g/mol. The van der Waals surface area contributed by atoms with Gasteiger partial charge in [-0.1, -0.05) is 19.4 Å². The average Bonchev–Trinajstić information content (AvgIpc) is 2.92.